The van der Waals surface area contributed by atoms with Crippen molar-refractivity contribution in [2.75, 3.05) is 6.61 Å². The molecule has 17 heavy (non-hydrogen) atoms. The molecule has 0 amide bonds. The molecule has 1 aliphatic heterocycles. The number of hydrogen-bond acceptors (Lipinski definition) is 4. The van der Waals surface area contributed by atoms with Gasteiger partial charge in [-0.05, 0) is 24.6 Å². The van der Waals surface area contributed by atoms with Crippen molar-refractivity contribution in [1.82, 2.24) is 0 Å². The highest BCUT2D eigenvalue weighted by molar-refractivity contribution is 5.27. The number of benzene rings is 1. The minimum Gasteiger partial charge on any atom is -0.391 e. The Morgan fingerprint density at radius 2 is 2.24 bits per heavy atom. The zero-order chi connectivity index (χ0) is 12.6. The zero-order valence-corrected chi connectivity index (χ0v) is 9.38. The molecule has 1 aliphatic rings. The summed E-state index contributed by atoms with van der Waals surface area (Å²) in [6.07, 6.45) is -3.07. The molecule has 1 fully saturated rings. The lowest BCUT2D eigenvalue weighted by molar-refractivity contribution is -0.0722. The van der Waals surface area contributed by atoms with Crippen LogP contribution < -0.4 is 0 Å². The first-order valence-corrected chi connectivity index (χ1v) is 5.41. The zero-order valence-electron chi connectivity index (χ0n) is 9.38. The van der Waals surface area contributed by atoms with Gasteiger partial charge in [0.05, 0.1) is 12.7 Å². The molecule has 1 aromatic carbocycles. The van der Waals surface area contributed by atoms with Crippen molar-refractivity contribution in [2.24, 2.45) is 0 Å². The summed E-state index contributed by atoms with van der Waals surface area (Å²) in [4.78, 5) is 0. The van der Waals surface area contributed by atoms with Gasteiger partial charge in [0.25, 0.3) is 0 Å². The summed E-state index contributed by atoms with van der Waals surface area (Å²) in [5.74, 6) is -0.497. The van der Waals surface area contributed by atoms with Crippen LogP contribution in [0.2, 0.25) is 0 Å². The first-order valence-electron chi connectivity index (χ1n) is 5.41. The molecule has 1 aromatic rings. The lowest BCUT2D eigenvalue weighted by atomic mass is 9.87. The summed E-state index contributed by atoms with van der Waals surface area (Å²) in [5, 5.41) is 29.7. The summed E-state index contributed by atoms with van der Waals surface area (Å²) < 4.78 is 18.3. The van der Waals surface area contributed by atoms with Crippen molar-refractivity contribution in [3.8, 4) is 0 Å². The molecular weight excluding hydrogens is 227 g/mol. The predicted molar refractivity (Wildman–Crippen MR) is 57.7 cm³/mol. The average molecular weight is 242 g/mol. The maximum Gasteiger partial charge on any atom is 0.141 e. The van der Waals surface area contributed by atoms with Crippen molar-refractivity contribution >= 4 is 0 Å². The third-order valence-electron chi connectivity index (χ3n) is 3.10. The highest BCUT2D eigenvalue weighted by Crippen LogP contribution is 2.35. The van der Waals surface area contributed by atoms with Gasteiger partial charge in [0.2, 0.25) is 0 Å². The predicted octanol–water partition coefficient (Wildman–Crippen LogP) is 0.154. The van der Waals surface area contributed by atoms with Gasteiger partial charge in [-0.15, -0.1) is 0 Å². The van der Waals surface area contributed by atoms with Gasteiger partial charge in [-0.2, -0.15) is 0 Å². The summed E-state index contributed by atoms with van der Waals surface area (Å²) >= 11 is 0. The van der Waals surface area contributed by atoms with E-state index in [0.29, 0.717) is 0 Å². The minimum atomic E-state index is -1.68. The number of aliphatic hydroxyl groups excluding tert-OH is 2. The van der Waals surface area contributed by atoms with E-state index in [1.807, 2.05) is 0 Å². The number of halogens is 1. The minimum absolute atomic E-state index is 0.173. The lowest BCUT2D eigenvalue weighted by Crippen LogP contribution is -2.44. The number of aliphatic hydroxyl groups is 3. The van der Waals surface area contributed by atoms with Crippen LogP contribution in [0.4, 0.5) is 4.39 Å². The molecule has 3 N–H and O–H groups in total. The Morgan fingerprint density at radius 1 is 1.53 bits per heavy atom. The van der Waals surface area contributed by atoms with E-state index in [4.69, 9.17) is 4.74 Å². The van der Waals surface area contributed by atoms with Crippen molar-refractivity contribution < 1.29 is 24.4 Å². The molecule has 4 atom stereocenters. The quantitative estimate of drug-likeness (QED) is 0.690. The topological polar surface area (TPSA) is 69.9 Å². The monoisotopic (exact) mass is 242 g/mol. The van der Waals surface area contributed by atoms with Crippen molar-refractivity contribution in [3.05, 3.63) is 35.6 Å². The van der Waals surface area contributed by atoms with Crippen LogP contribution in [-0.4, -0.2) is 40.2 Å². The molecule has 1 unspecified atom stereocenters. The second kappa shape index (κ2) is 4.34. The van der Waals surface area contributed by atoms with E-state index < -0.39 is 29.7 Å². The lowest BCUT2D eigenvalue weighted by Gasteiger charge is -2.27. The maximum absolute atomic E-state index is 13.1. The molecule has 1 heterocycles. The van der Waals surface area contributed by atoms with Gasteiger partial charge < -0.3 is 20.1 Å². The molecule has 94 valence electrons. The number of ether oxygens (including phenoxy) is 1. The van der Waals surface area contributed by atoms with E-state index in [1.54, 1.807) is 0 Å². The molecule has 1 saturated heterocycles. The Labute approximate surface area is 98.3 Å². The number of rotatable bonds is 2. The first-order chi connectivity index (χ1) is 7.95. The molecule has 0 saturated carbocycles. The van der Waals surface area contributed by atoms with Crippen LogP contribution in [0.5, 0.6) is 0 Å². The highest BCUT2D eigenvalue weighted by atomic mass is 19.1. The molecule has 0 aliphatic carbocycles. The van der Waals surface area contributed by atoms with Crippen LogP contribution in [0.15, 0.2) is 24.3 Å². The SMILES string of the molecule is CC(O)[C@H]1OC[C@@](O)(c2cccc(F)c2)[C@@H]1O. The molecule has 0 aromatic heterocycles. The third-order valence-corrected chi connectivity index (χ3v) is 3.10. The van der Waals surface area contributed by atoms with Crippen molar-refractivity contribution in [1.29, 1.82) is 0 Å². The molecule has 5 heteroatoms. The van der Waals surface area contributed by atoms with Crippen molar-refractivity contribution in [2.45, 2.75) is 30.8 Å². The van der Waals surface area contributed by atoms with Crippen LogP contribution in [0, 0.1) is 5.82 Å². The maximum atomic E-state index is 13.1. The highest BCUT2D eigenvalue weighted by Gasteiger charge is 2.50. The van der Waals surface area contributed by atoms with E-state index in [1.165, 1.54) is 25.1 Å². The third kappa shape index (κ3) is 2.07. The number of hydrogen-bond donors (Lipinski definition) is 3. The molecule has 0 spiro atoms. The Bertz CT molecular complexity index is 409. The van der Waals surface area contributed by atoms with Gasteiger partial charge in [0.15, 0.2) is 0 Å². The first kappa shape index (κ1) is 12.4. The smallest absolute Gasteiger partial charge is 0.141 e. The molecule has 0 bridgehead atoms. The second-order valence-electron chi connectivity index (χ2n) is 4.40. The van der Waals surface area contributed by atoms with E-state index >= 15 is 0 Å². The van der Waals surface area contributed by atoms with Gasteiger partial charge in [-0.3, -0.25) is 0 Å². The van der Waals surface area contributed by atoms with Gasteiger partial charge in [0.1, 0.15) is 23.6 Å². The molecular formula is C12H15FO4. The Balaban J connectivity index is 2.32. The van der Waals surface area contributed by atoms with Crippen LogP contribution in [0.3, 0.4) is 0 Å². The summed E-state index contributed by atoms with van der Waals surface area (Å²) in [6, 6.07) is 5.36. The van der Waals surface area contributed by atoms with Crippen LogP contribution >= 0.6 is 0 Å². The fourth-order valence-corrected chi connectivity index (χ4v) is 2.09. The Kier molecular flexibility index (Phi) is 3.18. The summed E-state index contributed by atoms with van der Waals surface area (Å²) in [5.41, 5.74) is -1.43. The summed E-state index contributed by atoms with van der Waals surface area (Å²) in [7, 11) is 0. The van der Waals surface area contributed by atoms with E-state index in [9.17, 15) is 19.7 Å². The average Bonchev–Trinajstić information content (AvgIpc) is 2.57. The second-order valence-corrected chi connectivity index (χ2v) is 4.40. The summed E-state index contributed by atoms with van der Waals surface area (Å²) in [6.45, 7) is 1.29. The van der Waals surface area contributed by atoms with E-state index in [0.717, 1.165) is 6.07 Å². The standard InChI is InChI=1S/C12H15FO4/c1-7(14)10-11(15)12(16,6-17-10)8-3-2-4-9(13)5-8/h2-5,7,10-11,14-16H,6H2,1H3/t7?,10-,11-,12-/m1/s1. The fourth-order valence-electron chi connectivity index (χ4n) is 2.09. The Morgan fingerprint density at radius 3 is 2.76 bits per heavy atom. The van der Waals surface area contributed by atoms with Gasteiger partial charge in [-0.1, -0.05) is 12.1 Å². The van der Waals surface area contributed by atoms with Crippen LogP contribution in [0.1, 0.15) is 12.5 Å². The molecule has 0 radical (unpaired) electrons. The van der Waals surface area contributed by atoms with E-state index in [-0.39, 0.29) is 12.2 Å². The Hall–Kier alpha value is -1.01. The fraction of sp³-hybridized carbons (Fsp3) is 0.500. The van der Waals surface area contributed by atoms with E-state index in [2.05, 4.69) is 0 Å². The van der Waals surface area contributed by atoms with Gasteiger partial charge in [0, 0.05) is 0 Å². The van der Waals surface area contributed by atoms with Gasteiger partial charge in [-0.25, -0.2) is 4.39 Å². The molecule has 4 nitrogen and oxygen atoms in total. The molecule has 2 rings (SSSR count). The largest absolute Gasteiger partial charge is 0.391 e. The normalized spacial score (nSPS) is 34.9. The van der Waals surface area contributed by atoms with Crippen LogP contribution in [-0.2, 0) is 10.3 Å². The van der Waals surface area contributed by atoms with Crippen molar-refractivity contribution in [3.63, 3.8) is 0 Å². The van der Waals surface area contributed by atoms with Gasteiger partial charge >= 0.3 is 0 Å². The van der Waals surface area contributed by atoms with Crippen LogP contribution in [0.25, 0.3) is 0 Å².